The molecule has 3 aromatic heterocycles. The van der Waals surface area contributed by atoms with Crippen molar-refractivity contribution >= 4 is 22.4 Å². The summed E-state index contributed by atoms with van der Waals surface area (Å²) in [5.74, 6) is 0.966. The third kappa shape index (κ3) is 6.26. The van der Waals surface area contributed by atoms with Crippen molar-refractivity contribution in [3.8, 4) is 39.8 Å². The number of hydrogen-bond donors (Lipinski definition) is 0. The van der Waals surface area contributed by atoms with E-state index in [1.807, 2.05) is 60.8 Å². The van der Waals surface area contributed by atoms with E-state index in [9.17, 15) is 9.18 Å². The number of halogens is 1. The quantitative estimate of drug-likeness (QED) is 0.143. The van der Waals surface area contributed by atoms with Gasteiger partial charge in [-0.3, -0.25) is 4.79 Å². The van der Waals surface area contributed by atoms with E-state index in [-0.39, 0.29) is 11.3 Å². The molecule has 0 aliphatic rings. The van der Waals surface area contributed by atoms with Crippen molar-refractivity contribution in [2.75, 3.05) is 13.2 Å². The summed E-state index contributed by atoms with van der Waals surface area (Å²) < 4.78 is 29.5. The maximum Gasteiger partial charge on any atom is 0.291 e. The predicted molar refractivity (Wildman–Crippen MR) is 171 cm³/mol. The fourth-order valence-electron chi connectivity index (χ4n) is 4.87. The molecular formula is C34H32FN5O3S. The second kappa shape index (κ2) is 13.2. The molecule has 0 bridgehead atoms. The van der Waals surface area contributed by atoms with Crippen molar-refractivity contribution in [3.63, 3.8) is 0 Å². The largest absolute Gasteiger partial charge is 0.494 e. The van der Waals surface area contributed by atoms with Crippen LogP contribution < -0.4 is 19.6 Å². The normalized spacial score (nSPS) is 11.8. The summed E-state index contributed by atoms with van der Waals surface area (Å²) in [4.78, 5) is 18.5. The summed E-state index contributed by atoms with van der Waals surface area (Å²) in [5, 5.41) is 9.26. The molecule has 6 rings (SSSR count). The van der Waals surface area contributed by atoms with Gasteiger partial charge in [0, 0.05) is 22.9 Å². The SMILES string of the molecule is CCCCCCOc1ccc(-c2nc3sc(=Cc4cn(-c5ccccc5)nc4-c4ccc(OCC)c(F)c4)c(=O)n3n2)cc1. The highest BCUT2D eigenvalue weighted by Crippen LogP contribution is 2.29. The van der Waals surface area contributed by atoms with Gasteiger partial charge in [-0.05, 0) is 74.0 Å². The Morgan fingerprint density at radius 1 is 0.909 bits per heavy atom. The lowest BCUT2D eigenvalue weighted by Crippen LogP contribution is -2.23. The molecule has 0 N–H and O–H groups in total. The van der Waals surface area contributed by atoms with Crippen LogP contribution in [-0.4, -0.2) is 37.6 Å². The summed E-state index contributed by atoms with van der Waals surface area (Å²) in [6.07, 6.45) is 8.19. The van der Waals surface area contributed by atoms with Gasteiger partial charge >= 0.3 is 0 Å². The van der Waals surface area contributed by atoms with E-state index in [1.165, 1.54) is 34.8 Å². The highest BCUT2D eigenvalue weighted by atomic mass is 32.1. The Labute approximate surface area is 258 Å². The summed E-state index contributed by atoms with van der Waals surface area (Å²) in [6, 6.07) is 22.0. The smallest absolute Gasteiger partial charge is 0.291 e. The molecular weight excluding hydrogens is 577 g/mol. The Hall–Kier alpha value is -4.83. The van der Waals surface area contributed by atoms with Gasteiger partial charge in [-0.25, -0.2) is 9.07 Å². The molecule has 0 aliphatic heterocycles. The highest BCUT2D eigenvalue weighted by molar-refractivity contribution is 7.15. The lowest BCUT2D eigenvalue weighted by atomic mass is 10.1. The van der Waals surface area contributed by atoms with E-state index in [4.69, 9.17) is 14.6 Å². The van der Waals surface area contributed by atoms with Crippen LogP contribution >= 0.6 is 11.3 Å². The van der Waals surface area contributed by atoms with Crippen molar-refractivity contribution in [2.24, 2.45) is 0 Å². The molecule has 3 heterocycles. The van der Waals surface area contributed by atoms with E-state index in [0.29, 0.717) is 45.4 Å². The van der Waals surface area contributed by atoms with Crippen LogP contribution in [0.4, 0.5) is 4.39 Å². The minimum atomic E-state index is -0.480. The van der Waals surface area contributed by atoms with Gasteiger partial charge in [-0.15, -0.1) is 5.10 Å². The molecule has 0 amide bonds. The Morgan fingerprint density at radius 3 is 2.43 bits per heavy atom. The lowest BCUT2D eigenvalue weighted by Gasteiger charge is -2.06. The van der Waals surface area contributed by atoms with Crippen LogP contribution in [0, 0.1) is 5.82 Å². The second-order valence-electron chi connectivity index (χ2n) is 10.3. The number of ether oxygens (including phenoxy) is 2. The van der Waals surface area contributed by atoms with Crippen molar-refractivity contribution in [3.05, 3.63) is 105 Å². The topological polar surface area (TPSA) is 83.5 Å². The Kier molecular flexibility index (Phi) is 8.79. The average molecular weight is 610 g/mol. The molecule has 0 unspecified atom stereocenters. The summed E-state index contributed by atoms with van der Waals surface area (Å²) in [7, 11) is 0. The number of rotatable bonds is 12. The van der Waals surface area contributed by atoms with Crippen LogP contribution in [0.25, 0.3) is 39.4 Å². The number of para-hydroxylation sites is 1. The zero-order valence-electron chi connectivity index (χ0n) is 24.6. The standard InChI is InChI=1S/C34H32FN5O3S/c1-3-5-6-10-19-43-27-16-13-23(14-17-27)32-36-34-40(38-32)33(41)30(44-34)21-25-22-39(26-11-8-7-9-12-26)37-31(25)24-15-18-29(42-4-2)28(35)20-24/h7-9,11-18,20-22H,3-6,10,19H2,1-2H3. The Bertz CT molecular complexity index is 1980. The zero-order valence-corrected chi connectivity index (χ0v) is 25.4. The van der Waals surface area contributed by atoms with Crippen LogP contribution in [0.1, 0.15) is 45.1 Å². The molecule has 0 spiro atoms. The van der Waals surface area contributed by atoms with Crippen molar-refractivity contribution in [2.45, 2.75) is 39.5 Å². The van der Waals surface area contributed by atoms with Gasteiger partial charge in [-0.1, -0.05) is 55.7 Å². The lowest BCUT2D eigenvalue weighted by molar-refractivity contribution is 0.305. The molecule has 0 saturated heterocycles. The third-order valence-electron chi connectivity index (χ3n) is 7.12. The maximum absolute atomic E-state index is 14.8. The van der Waals surface area contributed by atoms with Crippen LogP contribution in [0.3, 0.4) is 0 Å². The van der Waals surface area contributed by atoms with Gasteiger partial charge in [-0.2, -0.15) is 14.6 Å². The van der Waals surface area contributed by atoms with Gasteiger partial charge in [0.05, 0.1) is 23.4 Å². The molecule has 0 saturated carbocycles. The fourth-order valence-corrected chi connectivity index (χ4v) is 5.77. The van der Waals surface area contributed by atoms with E-state index < -0.39 is 5.82 Å². The van der Waals surface area contributed by atoms with Gasteiger partial charge in [0.25, 0.3) is 5.56 Å². The molecule has 3 aromatic carbocycles. The number of aromatic nitrogens is 5. The van der Waals surface area contributed by atoms with Gasteiger partial charge < -0.3 is 9.47 Å². The molecule has 44 heavy (non-hydrogen) atoms. The highest BCUT2D eigenvalue weighted by Gasteiger charge is 2.16. The Balaban J connectivity index is 1.31. The van der Waals surface area contributed by atoms with Crippen LogP contribution in [0.15, 0.2) is 83.8 Å². The summed E-state index contributed by atoms with van der Waals surface area (Å²) in [6.45, 7) is 5.04. The summed E-state index contributed by atoms with van der Waals surface area (Å²) >= 11 is 1.24. The van der Waals surface area contributed by atoms with Crippen molar-refractivity contribution in [1.29, 1.82) is 0 Å². The number of fused-ring (bicyclic) bond motifs is 1. The molecule has 8 nitrogen and oxygen atoms in total. The van der Waals surface area contributed by atoms with Crippen molar-refractivity contribution < 1.29 is 13.9 Å². The average Bonchev–Trinajstić information content (AvgIpc) is 3.74. The molecule has 10 heteroatoms. The van der Waals surface area contributed by atoms with E-state index >= 15 is 0 Å². The van der Waals surface area contributed by atoms with Crippen LogP contribution in [-0.2, 0) is 0 Å². The number of unbranched alkanes of at least 4 members (excludes halogenated alkanes) is 3. The second-order valence-corrected chi connectivity index (χ2v) is 11.3. The monoisotopic (exact) mass is 609 g/mol. The van der Waals surface area contributed by atoms with Gasteiger partial charge in [0.2, 0.25) is 4.96 Å². The van der Waals surface area contributed by atoms with Crippen molar-refractivity contribution in [1.82, 2.24) is 24.4 Å². The first-order chi connectivity index (χ1) is 21.5. The molecule has 0 fully saturated rings. The zero-order chi connectivity index (χ0) is 30.5. The maximum atomic E-state index is 14.8. The molecule has 0 radical (unpaired) electrons. The predicted octanol–water partition coefficient (Wildman–Crippen LogP) is 6.72. The third-order valence-corrected chi connectivity index (χ3v) is 8.08. The number of benzene rings is 3. The number of thiazole rings is 1. The summed E-state index contributed by atoms with van der Waals surface area (Å²) in [5.41, 5.74) is 3.10. The minimum absolute atomic E-state index is 0.178. The number of nitrogens with zero attached hydrogens (tertiary/aromatic N) is 5. The first kappa shape index (κ1) is 29.3. The molecule has 0 atom stereocenters. The van der Waals surface area contributed by atoms with Crippen LogP contribution in [0.2, 0.25) is 0 Å². The fraction of sp³-hybridized carbons (Fsp3) is 0.235. The first-order valence-corrected chi connectivity index (χ1v) is 15.6. The first-order valence-electron chi connectivity index (χ1n) is 14.8. The van der Waals surface area contributed by atoms with E-state index in [1.54, 1.807) is 29.8 Å². The van der Waals surface area contributed by atoms with Gasteiger partial charge in [0.15, 0.2) is 17.4 Å². The molecule has 6 aromatic rings. The van der Waals surface area contributed by atoms with E-state index in [2.05, 4.69) is 17.0 Å². The number of hydrogen-bond acceptors (Lipinski definition) is 7. The van der Waals surface area contributed by atoms with E-state index in [0.717, 1.165) is 29.8 Å². The van der Waals surface area contributed by atoms with Crippen LogP contribution in [0.5, 0.6) is 11.5 Å². The molecule has 0 aliphatic carbocycles. The van der Waals surface area contributed by atoms with Gasteiger partial charge in [0.1, 0.15) is 11.4 Å². The molecule has 224 valence electrons. The Morgan fingerprint density at radius 2 is 1.70 bits per heavy atom. The minimum Gasteiger partial charge on any atom is -0.494 e.